The number of unbranched alkanes of at least 4 members (excludes halogenated alkanes) is 3. The van der Waals surface area contributed by atoms with Crippen molar-refractivity contribution in [2.24, 2.45) is 29.6 Å². The summed E-state index contributed by atoms with van der Waals surface area (Å²) in [7, 11) is 0. The first-order chi connectivity index (χ1) is 10.7. The van der Waals surface area contributed by atoms with E-state index in [1.54, 1.807) is 0 Å². The molecular weight excluding hydrogens is 268 g/mol. The maximum Gasteiger partial charge on any atom is 0.123 e. The molecule has 2 aliphatic rings. The number of aldehydes is 1. The molecule has 0 radical (unpaired) electrons. The lowest BCUT2D eigenvalue weighted by atomic mass is 9.72. The zero-order valence-corrected chi connectivity index (χ0v) is 15.1. The fraction of sp³-hybridized carbons (Fsp3) is 0.952. The molecule has 1 nitrogen and oxygen atoms in total. The second-order valence-electron chi connectivity index (χ2n) is 8.45. The van der Waals surface area contributed by atoms with Gasteiger partial charge in [0.1, 0.15) is 6.29 Å². The van der Waals surface area contributed by atoms with Crippen LogP contribution in [0.2, 0.25) is 0 Å². The third kappa shape index (κ3) is 5.70. The minimum atomic E-state index is 0.383. The number of hydrogen-bond acceptors (Lipinski definition) is 1. The van der Waals surface area contributed by atoms with Gasteiger partial charge in [0.25, 0.3) is 0 Å². The van der Waals surface area contributed by atoms with Crippen molar-refractivity contribution >= 4 is 6.29 Å². The molecule has 5 unspecified atom stereocenters. The lowest BCUT2D eigenvalue weighted by Crippen LogP contribution is -2.23. The fourth-order valence-corrected chi connectivity index (χ4v) is 5.01. The average Bonchev–Trinajstić information content (AvgIpc) is 2.54. The first kappa shape index (κ1) is 18.0. The molecule has 128 valence electrons. The minimum absolute atomic E-state index is 0.383. The molecule has 22 heavy (non-hydrogen) atoms. The van der Waals surface area contributed by atoms with Crippen LogP contribution in [0.5, 0.6) is 0 Å². The van der Waals surface area contributed by atoms with Crippen molar-refractivity contribution in [2.75, 3.05) is 0 Å². The van der Waals surface area contributed by atoms with Gasteiger partial charge in [-0.15, -0.1) is 0 Å². The second kappa shape index (κ2) is 9.73. The molecule has 0 N–H and O–H groups in total. The van der Waals surface area contributed by atoms with E-state index in [0.29, 0.717) is 5.92 Å². The van der Waals surface area contributed by atoms with E-state index in [2.05, 4.69) is 13.8 Å². The lowest BCUT2D eigenvalue weighted by Gasteiger charge is -2.34. The Balaban J connectivity index is 1.50. The van der Waals surface area contributed by atoms with Gasteiger partial charge in [0.2, 0.25) is 0 Å². The lowest BCUT2D eigenvalue weighted by molar-refractivity contribution is -0.112. The molecule has 0 aromatic carbocycles. The molecule has 2 fully saturated rings. The van der Waals surface area contributed by atoms with Gasteiger partial charge in [-0.05, 0) is 36.5 Å². The highest BCUT2D eigenvalue weighted by Crippen LogP contribution is 2.37. The van der Waals surface area contributed by atoms with E-state index >= 15 is 0 Å². The molecule has 2 rings (SSSR count). The Kier molecular flexibility index (Phi) is 7.97. The van der Waals surface area contributed by atoms with Crippen molar-refractivity contribution in [3.8, 4) is 0 Å². The smallest absolute Gasteiger partial charge is 0.123 e. The fourth-order valence-electron chi connectivity index (χ4n) is 5.01. The SMILES string of the molecule is CC1CCCC(CCCCCCC2CCCC(C=O)C2)C1C. The highest BCUT2D eigenvalue weighted by molar-refractivity contribution is 5.53. The Hall–Kier alpha value is -0.330. The van der Waals surface area contributed by atoms with E-state index in [0.717, 1.165) is 30.1 Å². The van der Waals surface area contributed by atoms with E-state index in [1.165, 1.54) is 83.3 Å². The highest BCUT2D eigenvalue weighted by Gasteiger charge is 2.26. The van der Waals surface area contributed by atoms with Gasteiger partial charge in [0.15, 0.2) is 0 Å². The molecule has 0 amide bonds. The van der Waals surface area contributed by atoms with Crippen molar-refractivity contribution in [1.29, 1.82) is 0 Å². The Morgan fingerprint density at radius 2 is 1.59 bits per heavy atom. The van der Waals surface area contributed by atoms with E-state index in [-0.39, 0.29) is 0 Å². The Bertz CT molecular complexity index is 311. The van der Waals surface area contributed by atoms with Gasteiger partial charge in [0, 0.05) is 5.92 Å². The topological polar surface area (TPSA) is 17.1 Å². The number of carbonyl (C=O) groups is 1. The van der Waals surface area contributed by atoms with Gasteiger partial charge in [0.05, 0.1) is 0 Å². The third-order valence-corrected chi connectivity index (χ3v) is 6.83. The molecule has 0 bridgehead atoms. The largest absolute Gasteiger partial charge is 0.303 e. The zero-order chi connectivity index (χ0) is 15.8. The normalized spacial score (nSPS) is 36.2. The summed E-state index contributed by atoms with van der Waals surface area (Å²) < 4.78 is 0. The molecule has 0 heterocycles. The van der Waals surface area contributed by atoms with Crippen LogP contribution in [0.25, 0.3) is 0 Å². The molecule has 0 aliphatic heterocycles. The first-order valence-electron chi connectivity index (χ1n) is 10.2. The van der Waals surface area contributed by atoms with E-state index < -0.39 is 0 Å². The van der Waals surface area contributed by atoms with Crippen LogP contribution in [0.4, 0.5) is 0 Å². The van der Waals surface area contributed by atoms with Crippen LogP contribution >= 0.6 is 0 Å². The monoisotopic (exact) mass is 306 g/mol. The summed E-state index contributed by atoms with van der Waals surface area (Å²) in [4.78, 5) is 10.9. The van der Waals surface area contributed by atoms with Gasteiger partial charge in [-0.3, -0.25) is 0 Å². The molecule has 0 saturated heterocycles. The van der Waals surface area contributed by atoms with Gasteiger partial charge >= 0.3 is 0 Å². The van der Waals surface area contributed by atoms with Crippen molar-refractivity contribution in [2.45, 2.75) is 97.3 Å². The zero-order valence-electron chi connectivity index (χ0n) is 15.1. The van der Waals surface area contributed by atoms with E-state index in [4.69, 9.17) is 0 Å². The Morgan fingerprint density at radius 1 is 0.864 bits per heavy atom. The standard InChI is InChI=1S/C21H38O/c1-17-9-7-14-21(18(17)2)13-6-4-3-5-10-19-11-8-12-20(15-19)16-22/h16-21H,3-15H2,1-2H3. The number of hydrogen-bond donors (Lipinski definition) is 0. The summed E-state index contributed by atoms with van der Waals surface area (Å²) >= 11 is 0. The molecule has 0 aromatic heterocycles. The summed E-state index contributed by atoms with van der Waals surface area (Å²) in [5.41, 5.74) is 0. The predicted octanol–water partition coefficient (Wildman–Crippen LogP) is 6.40. The van der Waals surface area contributed by atoms with Crippen LogP contribution in [0, 0.1) is 29.6 Å². The summed E-state index contributed by atoms with van der Waals surface area (Å²) in [6.45, 7) is 4.94. The number of rotatable bonds is 8. The summed E-state index contributed by atoms with van der Waals surface area (Å²) in [6.07, 6.45) is 19.2. The van der Waals surface area contributed by atoms with Crippen LogP contribution in [0.1, 0.15) is 97.3 Å². The third-order valence-electron chi connectivity index (χ3n) is 6.83. The summed E-state index contributed by atoms with van der Waals surface area (Å²) in [5, 5.41) is 0. The van der Waals surface area contributed by atoms with Gasteiger partial charge in [-0.1, -0.05) is 84.5 Å². The van der Waals surface area contributed by atoms with Crippen molar-refractivity contribution in [3.05, 3.63) is 0 Å². The van der Waals surface area contributed by atoms with Crippen LogP contribution in [0.15, 0.2) is 0 Å². The maximum atomic E-state index is 10.9. The van der Waals surface area contributed by atoms with Gasteiger partial charge in [-0.2, -0.15) is 0 Å². The first-order valence-corrected chi connectivity index (χ1v) is 10.2. The van der Waals surface area contributed by atoms with Crippen molar-refractivity contribution in [1.82, 2.24) is 0 Å². The average molecular weight is 307 g/mol. The molecule has 0 spiro atoms. The predicted molar refractivity (Wildman–Crippen MR) is 94.9 cm³/mol. The molecule has 5 atom stereocenters. The highest BCUT2D eigenvalue weighted by atomic mass is 16.1. The van der Waals surface area contributed by atoms with Crippen LogP contribution in [0.3, 0.4) is 0 Å². The van der Waals surface area contributed by atoms with Crippen LogP contribution in [-0.2, 0) is 4.79 Å². The molecule has 2 saturated carbocycles. The molecular formula is C21H38O. The maximum absolute atomic E-state index is 10.9. The molecule has 1 heteroatoms. The summed E-state index contributed by atoms with van der Waals surface area (Å²) in [5.74, 6) is 4.15. The second-order valence-corrected chi connectivity index (χ2v) is 8.45. The van der Waals surface area contributed by atoms with Crippen molar-refractivity contribution < 1.29 is 4.79 Å². The molecule has 2 aliphatic carbocycles. The van der Waals surface area contributed by atoms with E-state index in [9.17, 15) is 4.79 Å². The summed E-state index contributed by atoms with van der Waals surface area (Å²) in [6, 6.07) is 0. The van der Waals surface area contributed by atoms with E-state index in [1.807, 2.05) is 0 Å². The minimum Gasteiger partial charge on any atom is -0.303 e. The van der Waals surface area contributed by atoms with Crippen LogP contribution < -0.4 is 0 Å². The van der Waals surface area contributed by atoms with Gasteiger partial charge in [-0.25, -0.2) is 0 Å². The van der Waals surface area contributed by atoms with Crippen molar-refractivity contribution in [3.63, 3.8) is 0 Å². The van der Waals surface area contributed by atoms with Gasteiger partial charge < -0.3 is 4.79 Å². The Labute approximate surface area is 138 Å². The number of carbonyl (C=O) groups excluding carboxylic acids is 1. The molecule has 0 aromatic rings. The quantitative estimate of drug-likeness (QED) is 0.374. The Morgan fingerprint density at radius 3 is 2.36 bits per heavy atom. The van der Waals surface area contributed by atoms with Crippen LogP contribution in [-0.4, -0.2) is 6.29 Å².